The normalized spacial score (nSPS) is 13.4. The molecule has 0 radical (unpaired) electrons. The van der Waals surface area contributed by atoms with Gasteiger partial charge in [0.15, 0.2) is 11.4 Å². The molecule has 0 bridgehead atoms. The molecule has 0 unspecified atom stereocenters. The van der Waals surface area contributed by atoms with E-state index in [4.69, 9.17) is 14.2 Å². The van der Waals surface area contributed by atoms with Crippen LogP contribution in [-0.2, 0) is 4.74 Å². The first kappa shape index (κ1) is 26.0. The first-order valence-corrected chi connectivity index (χ1v) is 12.3. The third kappa shape index (κ3) is 5.67. The molecule has 1 N–H and O–H groups in total. The molecule has 1 amide bonds. The molecule has 37 heavy (non-hydrogen) atoms. The molecule has 1 aliphatic rings. The van der Waals surface area contributed by atoms with Crippen molar-refractivity contribution in [3.63, 3.8) is 0 Å². The van der Waals surface area contributed by atoms with Crippen LogP contribution in [0.25, 0.3) is 11.4 Å². The number of aromatic amines is 1. The van der Waals surface area contributed by atoms with E-state index in [9.17, 15) is 9.59 Å². The van der Waals surface area contributed by atoms with Crippen molar-refractivity contribution >= 4 is 5.91 Å². The van der Waals surface area contributed by atoms with E-state index in [0.717, 1.165) is 5.56 Å². The van der Waals surface area contributed by atoms with Gasteiger partial charge >= 0.3 is 5.69 Å². The van der Waals surface area contributed by atoms with Crippen molar-refractivity contribution in [2.45, 2.75) is 19.8 Å². The highest BCUT2D eigenvalue weighted by molar-refractivity contribution is 5.94. The lowest BCUT2D eigenvalue weighted by atomic mass is 10.0. The van der Waals surface area contributed by atoms with Gasteiger partial charge in [0, 0.05) is 30.3 Å². The highest BCUT2D eigenvalue weighted by Gasteiger charge is 2.25. The molecule has 194 valence electrons. The van der Waals surface area contributed by atoms with Gasteiger partial charge in [-0.15, -0.1) is 9.36 Å². The first-order chi connectivity index (χ1) is 17.9. The van der Waals surface area contributed by atoms with E-state index in [1.54, 1.807) is 52.3 Å². The van der Waals surface area contributed by atoms with Gasteiger partial charge in [-0.1, -0.05) is 39.2 Å². The molecule has 1 fully saturated rings. The Morgan fingerprint density at radius 3 is 2.35 bits per heavy atom. The predicted octanol–water partition coefficient (Wildman–Crippen LogP) is 3.17. The lowest BCUT2D eigenvalue weighted by Gasteiger charge is -2.26. The molecule has 9 nitrogen and oxygen atoms in total. The fourth-order valence-corrected chi connectivity index (χ4v) is 4.18. The van der Waals surface area contributed by atoms with Crippen molar-refractivity contribution in [3.05, 3.63) is 89.6 Å². The Morgan fingerprint density at radius 2 is 1.73 bits per heavy atom. The standard InChI is InChI=1S/C28H32N4O5/c1-5-13-36-25-18-26(37-14-6-2)24(17-23(25)20(3)4)31-19-29-28(34)32(31)22-9-7-21(8-10-22)27(33)30-11-15-35-16-12-30/h5-10,17-20H,1-2,11-16H2,3-4H3/p+1. The van der Waals surface area contributed by atoms with Gasteiger partial charge in [-0.3, -0.25) is 4.79 Å². The Morgan fingerprint density at radius 1 is 1.08 bits per heavy atom. The van der Waals surface area contributed by atoms with E-state index >= 15 is 0 Å². The summed E-state index contributed by atoms with van der Waals surface area (Å²) in [5.41, 5.74) is 2.43. The van der Waals surface area contributed by atoms with Crippen LogP contribution in [0.4, 0.5) is 0 Å². The van der Waals surface area contributed by atoms with Crippen molar-refractivity contribution in [2.24, 2.45) is 0 Å². The molecule has 3 aromatic rings. The maximum absolute atomic E-state index is 12.9. The second-order valence-electron chi connectivity index (χ2n) is 8.90. The van der Waals surface area contributed by atoms with Gasteiger partial charge in [0.1, 0.15) is 19.0 Å². The smallest absolute Gasteiger partial charge is 0.449 e. The summed E-state index contributed by atoms with van der Waals surface area (Å²) in [6, 6.07) is 10.8. The average Bonchev–Trinajstić information content (AvgIpc) is 3.31. The molecular weight excluding hydrogens is 472 g/mol. The zero-order valence-corrected chi connectivity index (χ0v) is 21.3. The third-order valence-corrected chi connectivity index (χ3v) is 6.05. The minimum atomic E-state index is -0.333. The van der Waals surface area contributed by atoms with Crippen LogP contribution in [0.15, 0.2) is 72.8 Å². The maximum atomic E-state index is 12.9. The molecule has 0 aliphatic carbocycles. The summed E-state index contributed by atoms with van der Waals surface area (Å²) in [7, 11) is 0. The summed E-state index contributed by atoms with van der Waals surface area (Å²) in [4.78, 5) is 30.3. The Labute approximate surface area is 216 Å². The summed E-state index contributed by atoms with van der Waals surface area (Å²) in [5.74, 6) is 1.31. The summed E-state index contributed by atoms with van der Waals surface area (Å²) in [6.07, 6.45) is 4.93. The molecule has 1 saturated heterocycles. The molecular formula is C28H33N4O5+. The topological polar surface area (TPSA) is 89.7 Å². The maximum Gasteiger partial charge on any atom is 0.449 e. The van der Waals surface area contributed by atoms with E-state index in [1.807, 2.05) is 12.1 Å². The summed E-state index contributed by atoms with van der Waals surface area (Å²) in [6.45, 7) is 14.5. The molecule has 0 spiro atoms. The van der Waals surface area contributed by atoms with Crippen LogP contribution < -0.4 is 19.8 Å². The number of aromatic nitrogens is 3. The molecule has 1 aliphatic heterocycles. The van der Waals surface area contributed by atoms with Gasteiger partial charge in [-0.2, -0.15) is 4.98 Å². The van der Waals surface area contributed by atoms with E-state index in [1.165, 1.54) is 4.68 Å². The second kappa shape index (κ2) is 11.7. The minimum absolute atomic E-state index is 0.0547. The van der Waals surface area contributed by atoms with E-state index < -0.39 is 0 Å². The van der Waals surface area contributed by atoms with Gasteiger partial charge in [-0.25, -0.2) is 4.79 Å². The van der Waals surface area contributed by atoms with Crippen molar-refractivity contribution in [2.75, 3.05) is 39.5 Å². The van der Waals surface area contributed by atoms with Crippen LogP contribution >= 0.6 is 0 Å². The van der Waals surface area contributed by atoms with Gasteiger partial charge in [-0.05, 0) is 36.2 Å². The highest BCUT2D eigenvalue weighted by Crippen LogP contribution is 2.34. The quantitative estimate of drug-likeness (QED) is 0.338. The average molecular weight is 506 g/mol. The number of ether oxygens (including phenoxy) is 3. The number of hydrogen-bond acceptors (Lipinski definition) is 5. The number of hydrogen-bond donors (Lipinski definition) is 1. The van der Waals surface area contributed by atoms with Crippen molar-refractivity contribution in [1.29, 1.82) is 0 Å². The lowest BCUT2D eigenvalue weighted by Crippen LogP contribution is -2.44. The molecule has 2 heterocycles. The fourth-order valence-electron chi connectivity index (χ4n) is 4.18. The number of benzene rings is 2. The van der Waals surface area contributed by atoms with Crippen LogP contribution in [0.5, 0.6) is 11.5 Å². The largest absolute Gasteiger partial charge is 0.489 e. The molecule has 0 atom stereocenters. The van der Waals surface area contributed by atoms with Crippen LogP contribution in [0, 0.1) is 0 Å². The molecule has 2 aromatic carbocycles. The van der Waals surface area contributed by atoms with Gasteiger partial charge in [0.2, 0.25) is 0 Å². The summed E-state index contributed by atoms with van der Waals surface area (Å²) < 4.78 is 20.4. The lowest BCUT2D eigenvalue weighted by molar-refractivity contribution is -0.677. The van der Waals surface area contributed by atoms with Gasteiger partial charge in [0.05, 0.1) is 18.9 Å². The van der Waals surface area contributed by atoms with E-state index in [0.29, 0.717) is 61.3 Å². The van der Waals surface area contributed by atoms with Gasteiger partial charge < -0.3 is 19.1 Å². The Hall–Kier alpha value is -4.11. The number of rotatable bonds is 10. The molecule has 4 rings (SSSR count). The second-order valence-corrected chi connectivity index (χ2v) is 8.90. The van der Waals surface area contributed by atoms with Crippen LogP contribution in [0.3, 0.4) is 0 Å². The highest BCUT2D eigenvalue weighted by atomic mass is 16.5. The number of carbonyl (C=O) groups is 1. The van der Waals surface area contributed by atoms with Crippen LogP contribution in [0.1, 0.15) is 35.7 Å². The Balaban J connectivity index is 1.76. The zero-order valence-electron chi connectivity index (χ0n) is 21.3. The van der Waals surface area contributed by atoms with Crippen molar-refractivity contribution in [3.8, 4) is 22.9 Å². The number of morpholine rings is 1. The SMILES string of the molecule is C=CCOc1cc(OCC=C)c(-[n+]2c[nH]c(=O)n2-c2ccc(C(=O)N3CCOCC3)cc2)cc1C(C)C. The summed E-state index contributed by atoms with van der Waals surface area (Å²) >= 11 is 0. The minimum Gasteiger partial charge on any atom is -0.489 e. The molecule has 0 saturated carbocycles. The van der Waals surface area contributed by atoms with Crippen molar-refractivity contribution in [1.82, 2.24) is 14.6 Å². The third-order valence-electron chi connectivity index (χ3n) is 6.05. The number of nitrogens with zero attached hydrogens (tertiary/aromatic N) is 3. The Bertz CT molecular complexity index is 1320. The van der Waals surface area contributed by atoms with Crippen LogP contribution in [0.2, 0.25) is 0 Å². The number of amides is 1. The Kier molecular flexibility index (Phi) is 8.25. The molecule has 1 aromatic heterocycles. The zero-order chi connectivity index (χ0) is 26.4. The first-order valence-electron chi connectivity index (χ1n) is 12.3. The monoisotopic (exact) mass is 505 g/mol. The molecule has 9 heteroatoms. The van der Waals surface area contributed by atoms with E-state index in [2.05, 4.69) is 32.0 Å². The predicted molar refractivity (Wildman–Crippen MR) is 140 cm³/mol. The van der Waals surface area contributed by atoms with E-state index in [-0.39, 0.29) is 24.1 Å². The number of H-pyrrole nitrogens is 1. The van der Waals surface area contributed by atoms with Crippen molar-refractivity contribution < 1.29 is 23.7 Å². The number of nitrogens with one attached hydrogen (secondary N) is 1. The van der Waals surface area contributed by atoms with Crippen LogP contribution in [-0.4, -0.2) is 60.0 Å². The fraction of sp³-hybridized carbons (Fsp3) is 0.321. The summed E-state index contributed by atoms with van der Waals surface area (Å²) in [5, 5.41) is 0. The van der Waals surface area contributed by atoms with Gasteiger partial charge in [0.25, 0.3) is 12.2 Å². The number of carbonyl (C=O) groups excluding carboxylic acids is 1.